The molecule has 1 aliphatic rings. The predicted molar refractivity (Wildman–Crippen MR) is 78.4 cm³/mol. The molecule has 106 valence electrons. The Hall–Kier alpha value is -1.66. The molecule has 0 aliphatic heterocycles. The van der Waals surface area contributed by atoms with Crippen molar-refractivity contribution >= 4 is 5.78 Å². The van der Waals surface area contributed by atoms with Gasteiger partial charge in [-0.15, -0.1) is 0 Å². The largest absolute Gasteiger partial charge is 0.329 e. The highest BCUT2D eigenvalue weighted by molar-refractivity contribution is 5.89. The number of nitrogens with one attached hydrogen (secondary N) is 1. The maximum absolute atomic E-state index is 12.4. The second-order valence-electron chi connectivity index (χ2n) is 5.80. The number of hydrogen-bond donors (Lipinski definition) is 1. The van der Waals surface area contributed by atoms with Gasteiger partial charge in [0.15, 0.2) is 0 Å². The molecule has 3 nitrogen and oxygen atoms in total. The van der Waals surface area contributed by atoms with Crippen LogP contribution < -0.4 is 4.90 Å². The summed E-state index contributed by atoms with van der Waals surface area (Å²) in [5.41, 5.74) is 0.816. The van der Waals surface area contributed by atoms with Crippen LogP contribution in [0.1, 0.15) is 43.6 Å². The number of likely N-dealkylation sites (N-methyl/N-ethyl adjacent to an activating group) is 1. The minimum Gasteiger partial charge on any atom is -0.329 e. The molecule has 1 aromatic rings. The highest BCUT2D eigenvalue weighted by atomic mass is 16.1. The van der Waals surface area contributed by atoms with Gasteiger partial charge in [-0.3, -0.25) is 4.79 Å². The second kappa shape index (κ2) is 7.21. The van der Waals surface area contributed by atoms with Crippen molar-refractivity contribution in [2.24, 2.45) is 0 Å². The van der Waals surface area contributed by atoms with Crippen molar-refractivity contribution < 1.29 is 9.69 Å². The first kappa shape index (κ1) is 14.7. The van der Waals surface area contributed by atoms with Crippen molar-refractivity contribution in [3.05, 3.63) is 35.9 Å². The summed E-state index contributed by atoms with van der Waals surface area (Å²) < 4.78 is 0. The Balaban J connectivity index is 1.97. The molecule has 1 aromatic carbocycles. The first-order valence-electron chi connectivity index (χ1n) is 7.52. The predicted octanol–water partition coefficient (Wildman–Crippen LogP) is 1.71. The molecule has 0 heterocycles. The van der Waals surface area contributed by atoms with E-state index in [9.17, 15) is 10.1 Å². The molecule has 2 unspecified atom stereocenters. The van der Waals surface area contributed by atoms with Crippen molar-refractivity contribution in [1.82, 2.24) is 0 Å². The van der Waals surface area contributed by atoms with Crippen LogP contribution in [0.4, 0.5) is 0 Å². The Kier molecular flexibility index (Phi) is 5.31. The Morgan fingerprint density at radius 2 is 1.95 bits per heavy atom. The van der Waals surface area contributed by atoms with Crippen LogP contribution in [0.25, 0.3) is 0 Å². The summed E-state index contributed by atoms with van der Waals surface area (Å²) in [5, 5.41) is 9.29. The average Bonchev–Trinajstić information content (AvgIpc) is 2.50. The van der Waals surface area contributed by atoms with E-state index in [2.05, 4.69) is 13.1 Å². The Morgan fingerprint density at radius 1 is 1.30 bits per heavy atom. The van der Waals surface area contributed by atoms with E-state index in [4.69, 9.17) is 0 Å². The van der Waals surface area contributed by atoms with Crippen LogP contribution >= 0.6 is 0 Å². The van der Waals surface area contributed by atoms with Gasteiger partial charge in [0.05, 0.1) is 19.2 Å². The number of ketones is 1. The molecule has 2 atom stereocenters. The van der Waals surface area contributed by atoms with Gasteiger partial charge in [-0.1, -0.05) is 36.8 Å². The Bertz CT molecular complexity index is 472. The van der Waals surface area contributed by atoms with Gasteiger partial charge in [0.25, 0.3) is 0 Å². The van der Waals surface area contributed by atoms with Crippen LogP contribution in [-0.2, 0) is 4.79 Å². The third-order valence-electron chi connectivity index (χ3n) is 4.34. The molecule has 0 radical (unpaired) electrons. The molecule has 0 bridgehead atoms. The first-order chi connectivity index (χ1) is 9.72. The molecule has 1 fully saturated rings. The lowest BCUT2D eigenvalue weighted by Crippen LogP contribution is -3.14. The van der Waals surface area contributed by atoms with Gasteiger partial charge in [0.1, 0.15) is 12.5 Å². The standard InChI is InChI=1S/C17H22N2O/c1-19(15-10-6-3-7-11-15)13-17(20)16(12-18)14-8-4-2-5-9-14/h2,4-5,8-9,15-16H,3,6-7,10-11,13H2,1H3/p+1. The van der Waals surface area contributed by atoms with Crippen LogP contribution in [-0.4, -0.2) is 25.4 Å². The number of quaternary nitrogens is 1. The summed E-state index contributed by atoms with van der Waals surface area (Å²) in [6.07, 6.45) is 6.29. The van der Waals surface area contributed by atoms with Gasteiger partial charge in [0, 0.05) is 0 Å². The fourth-order valence-electron chi connectivity index (χ4n) is 3.09. The molecule has 20 heavy (non-hydrogen) atoms. The topological polar surface area (TPSA) is 45.3 Å². The lowest BCUT2D eigenvalue weighted by Gasteiger charge is -2.28. The zero-order valence-electron chi connectivity index (χ0n) is 12.1. The SMILES string of the molecule is C[NH+](CC(=O)C(C#N)c1ccccc1)C1CCCCC1. The van der Waals surface area contributed by atoms with E-state index >= 15 is 0 Å². The summed E-state index contributed by atoms with van der Waals surface area (Å²) in [6.45, 7) is 0.456. The highest BCUT2D eigenvalue weighted by Crippen LogP contribution is 2.17. The van der Waals surface area contributed by atoms with Crippen LogP contribution in [0.5, 0.6) is 0 Å². The zero-order valence-corrected chi connectivity index (χ0v) is 12.1. The Morgan fingerprint density at radius 3 is 2.55 bits per heavy atom. The molecule has 0 amide bonds. The van der Waals surface area contributed by atoms with E-state index in [1.54, 1.807) is 0 Å². The highest BCUT2D eigenvalue weighted by Gasteiger charge is 2.27. The van der Waals surface area contributed by atoms with Gasteiger partial charge < -0.3 is 4.90 Å². The monoisotopic (exact) mass is 271 g/mol. The van der Waals surface area contributed by atoms with E-state index in [1.165, 1.54) is 37.0 Å². The number of Topliss-reactive ketones (excluding diaryl/α,β-unsaturated/α-hetero) is 1. The summed E-state index contributed by atoms with van der Waals surface area (Å²) >= 11 is 0. The zero-order chi connectivity index (χ0) is 14.4. The van der Waals surface area contributed by atoms with E-state index in [-0.39, 0.29) is 5.78 Å². The lowest BCUT2D eigenvalue weighted by atomic mass is 9.92. The van der Waals surface area contributed by atoms with Crippen LogP contribution in [0.15, 0.2) is 30.3 Å². The van der Waals surface area contributed by atoms with E-state index in [0.717, 1.165) is 5.56 Å². The number of nitriles is 1. The molecule has 3 heteroatoms. The molecular weight excluding hydrogens is 248 g/mol. The molecule has 1 aliphatic carbocycles. The molecule has 1 saturated carbocycles. The minimum atomic E-state index is -0.616. The third-order valence-corrected chi connectivity index (χ3v) is 4.34. The summed E-state index contributed by atoms with van der Waals surface area (Å²) in [4.78, 5) is 13.7. The van der Waals surface area contributed by atoms with Gasteiger partial charge >= 0.3 is 0 Å². The van der Waals surface area contributed by atoms with Crippen molar-refractivity contribution in [1.29, 1.82) is 5.26 Å². The second-order valence-corrected chi connectivity index (χ2v) is 5.80. The van der Waals surface area contributed by atoms with Gasteiger partial charge in [-0.2, -0.15) is 5.26 Å². The maximum atomic E-state index is 12.4. The first-order valence-corrected chi connectivity index (χ1v) is 7.52. The van der Waals surface area contributed by atoms with Gasteiger partial charge in [-0.05, 0) is 31.2 Å². The number of carbonyl (C=O) groups is 1. The summed E-state index contributed by atoms with van der Waals surface area (Å²) in [6, 6.07) is 12.1. The molecule has 0 aromatic heterocycles. The maximum Gasteiger partial charge on any atom is 0.208 e. The van der Waals surface area contributed by atoms with Crippen molar-refractivity contribution in [3.63, 3.8) is 0 Å². The Labute approximate surface area is 121 Å². The molecule has 2 rings (SSSR count). The molecule has 1 N–H and O–H groups in total. The molecular formula is C17H23N2O+. The summed E-state index contributed by atoms with van der Waals surface area (Å²) in [5.74, 6) is -0.573. The normalized spacial score (nSPS) is 19.0. The van der Waals surface area contributed by atoms with Crippen LogP contribution in [0.3, 0.4) is 0 Å². The number of nitrogens with zero attached hydrogens (tertiary/aromatic N) is 1. The van der Waals surface area contributed by atoms with E-state index < -0.39 is 5.92 Å². The van der Waals surface area contributed by atoms with Crippen molar-refractivity contribution in [3.8, 4) is 6.07 Å². The van der Waals surface area contributed by atoms with E-state index in [0.29, 0.717) is 12.6 Å². The van der Waals surface area contributed by atoms with Crippen LogP contribution in [0, 0.1) is 11.3 Å². The number of carbonyl (C=O) groups excluding carboxylic acids is 1. The number of hydrogen-bond acceptors (Lipinski definition) is 2. The van der Waals surface area contributed by atoms with Crippen molar-refractivity contribution in [2.45, 2.75) is 44.1 Å². The van der Waals surface area contributed by atoms with Crippen molar-refractivity contribution in [2.75, 3.05) is 13.6 Å². The fourth-order valence-corrected chi connectivity index (χ4v) is 3.09. The number of benzene rings is 1. The van der Waals surface area contributed by atoms with Gasteiger partial charge in [0.2, 0.25) is 5.78 Å². The van der Waals surface area contributed by atoms with Crippen LogP contribution in [0.2, 0.25) is 0 Å². The fraction of sp³-hybridized carbons (Fsp3) is 0.529. The quantitative estimate of drug-likeness (QED) is 0.886. The average molecular weight is 271 g/mol. The van der Waals surface area contributed by atoms with E-state index in [1.807, 2.05) is 30.3 Å². The minimum absolute atomic E-state index is 0.0433. The lowest BCUT2D eigenvalue weighted by molar-refractivity contribution is -0.899. The van der Waals surface area contributed by atoms with Gasteiger partial charge in [-0.25, -0.2) is 0 Å². The third kappa shape index (κ3) is 3.68. The smallest absolute Gasteiger partial charge is 0.208 e. The molecule has 0 saturated heterocycles. The molecule has 0 spiro atoms. The summed E-state index contributed by atoms with van der Waals surface area (Å²) in [7, 11) is 2.09. The number of rotatable bonds is 5.